The van der Waals surface area contributed by atoms with Gasteiger partial charge in [-0.05, 0) is 19.1 Å². The van der Waals surface area contributed by atoms with Gasteiger partial charge in [0.05, 0.1) is 19.4 Å². The van der Waals surface area contributed by atoms with Crippen molar-refractivity contribution in [3.63, 3.8) is 0 Å². The van der Waals surface area contributed by atoms with Gasteiger partial charge in [0.2, 0.25) is 0 Å². The highest BCUT2D eigenvalue weighted by molar-refractivity contribution is 5.91. The molecule has 1 aliphatic heterocycles. The van der Waals surface area contributed by atoms with Crippen LogP contribution in [0.4, 0.5) is 15.3 Å². The Hall–Kier alpha value is -2.44. The van der Waals surface area contributed by atoms with E-state index in [1.165, 1.54) is 0 Å². The summed E-state index contributed by atoms with van der Waals surface area (Å²) in [5.74, 6) is 0.612. The molecule has 7 heteroatoms. The lowest BCUT2D eigenvalue weighted by Crippen LogP contribution is -2.51. The molecule has 1 aromatic rings. The molecule has 0 radical (unpaired) electrons. The van der Waals surface area contributed by atoms with E-state index in [2.05, 4.69) is 5.32 Å². The molecule has 2 rings (SSSR count). The van der Waals surface area contributed by atoms with Gasteiger partial charge in [0.1, 0.15) is 5.75 Å². The normalized spacial score (nSPS) is 14.5. The molecule has 1 N–H and O–H groups in total. The molecule has 0 atom stereocenters. The van der Waals surface area contributed by atoms with Gasteiger partial charge in [-0.25, -0.2) is 9.59 Å². The van der Waals surface area contributed by atoms with Crippen LogP contribution in [-0.4, -0.2) is 61.8 Å². The van der Waals surface area contributed by atoms with Crippen LogP contribution in [0, 0.1) is 0 Å². The molecule has 1 aromatic carbocycles. The van der Waals surface area contributed by atoms with Crippen LogP contribution in [0.15, 0.2) is 24.3 Å². The summed E-state index contributed by atoms with van der Waals surface area (Å²) >= 11 is 0. The molecular formula is C15H21N3O4. The summed E-state index contributed by atoms with van der Waals surface area (Å²) < 4.78 is 10.2. The number of nitrogens with one attached hydrogen (secondary N) is 1. The van der Waals surface area contributed by atoms with Gasteiger partial charge < -0.3 is 24.6 Å². The molecule has 1 fully saturated rings. The van der Waals surface area contributed by atoms with Crippen LogP contribution in [0.25, 0.3) is 0 Å². The maximum Gasteiger partial charge on any atom is 0.409 e. The molecule has 1 saturated heterocycles. The molecule has 120 valence electrons. The number of para-hydroxylation sites is 2. The second-order valence-corrected chi connectivity index (χ2v) is 4.80. The van der Waals surface area contributed by atoms with Gasteiger partial charge in [0, 0.05) is 26.2 Å². The first-order valence-electron chi connectivity index (χ1n) is 7.26. The highest BCUT2D eigenvalue weighted by Crippen LogP contribution is 2.23. The molecule has 0 spiro atoms. The molecule has 1 aliphatic rings. The summed E-state index contributed by atoms with van der Waals surface area (Å²) in [4.78, 5) is 27.2. The molecular weight excluding hydrogens is 286 g/mol. The van der Waals surface area contributed by atoms with Crippen LogP contribution in [-0.2, 0) is 4.74 Å². The average Bonchev–Trinajstić information content (AvgIpc) is 2.55. The van der Waals surface area contributed by atoms with Crippen molar-refractivity contribution in [3.8, 4) is 5.75 Å². The zero-order valence-electron chi connectivity index (χ0n) is 12.9. The number of carbonyl (C=O) groups excluding carboxylic acids is 2. The fourth-order valence-corrected chi connectivity index (χ4v) is 2.25. The number of ether oxygens (including phenoxy) is 2. The Balaban J connectivity index is 1.89. The topological polar surface area (TPSA) is 71.1 Å². The number of amides is 3. The Morgan fingerprint density at radius 3 is 2.41 bits per heavy atom. The smallest absolute Gasteiger partial charge is 0.409 e. The van der Waals surface area contributed by atoms with Crippen LogP contribution >= 0.6 is 0 Å². The van der Waals surface area contributed by atoms with Gasteiger partial charge in [0.25, 0.3) is 0 Å². The van der Waals surface area contributed by atoms with Gasteiger partial charge in [-0.2, -0.15) is 0 Å². The first-order valence-corrected chi connectivity index (χ1v) is 7.26. The summed E-state index contributed by atoms with van der Waals surface area (Å²) in [6, 6.07) is 7.04. The second kappa shape index (κ2) is 7.53. The van der Waals surface area contributed by atoms with Crippen molar-refractivity contribution < 1.29 is 19.1 Å². The van der Waals surface area contributed by atoms with Gasteiger partial charge in [-0.1, -0.05) is 12.1 Å². The van der Waals surface area contributed by atoms with Crippen molar-refractivity contribution in [2.45, 2.75) is 6.92 Å². The van der Waals surface area contributed by atoms with E-state index in [9.17, 15) is 9.59 Å². The second-order valence-electron chi connectivity index (χ2n) is 4.80. The molecule has 7 nitrogen and oxygen atoms in total. The lowest BCUT2D eigenvalue weighted by molar-refractivity contribution is 0.0868. The van der Waals surface area contributed by atoms with Crippen molar-refractivity contribution in [2.75, 3.05) is 45.2 Å². The summed E-state index contributed by atoms with van der Waals surface area (Å²) in [5.41, 5.74) is 0.628. The standard InChI is InChI=1S/C15H21N3O4/c1-3-22-15(20)18-10-8-17(9-11-18)14(19)16-12-6-4-5-7-13(12)21-2/h4-7H,3,8-11H2,1-2H3,(H,16,19). The zero-order valence-corrected chi connectivity index (χ0v) is 12.9. The summed E-state index contributed by atoms with van der Waals surface area (Å²) in [6.07, 6.45) is -0.327. The third-order valence-electron chi connectivity index (χ3n) is 3.44. The van der Waals surface area contributed by atoms with Crippen LogP contribution in [0.1, 0.15) is 6.92 Å². The zero-order chi connectivity index (χ0) is 15.9. The monoisotopic (exact) mass is 307 g/mol. The Kier molecular flexibility index (Phi) is 5.46. The highest BCUT2D eigenvalue weighted by Gasteiger charge is 2.25. The third kappa shape index (κ3) is 3.81. The van der Waals surface area contributed by atoms with E-state index in [0.29, 0.717) is 44.2 Å². The SMILES string of the molecule is CCOC(=O)N1CCN(C(=O)Nc2ccccc2OC)CC1. The van der Waals surface area contributed by atoms with Gasteiger partial charge in [0.15, 0.2) is 0 Å². The fourth-order valence-electron chi connectivity index (χ4n) is 2.25. The van der Waals surface area contributed by atoms with Gasteiger partial charge in [-0.3, -0.25) is 0 Å². The molecule has 0 bridgehead atoms. The molecule has 0 unspecified atom stereocenters. The molecule has 22 heavy (non-hydrogen) atoms. The molecule has 3 amide bonds. The van der Waals surface area contributed by atoms with Crippen molar-refractivity contribution >= 4 is 17.8 Å². The Bertz CT molecular complexity index is 527. The van der Waals surface area contributed by atoms with E-state index in [4.69, 9.17) is 9.47 Å². The van der Waals surface area contributed by atoms with Crippen molar-refractivity contribution in [3.05, 3.63) is 24.3 Å². The quantitative estimate of drug-likeness (QED) is 0.927. The number of carbonyl (C=O) groups is 2. The minimum atomic E-state index is -0.327. The van der Waals surface area contributed by atoms with Crippen LogP contribution in [0.5, 0.6) is 5.75 Å². The largest absolute Gasteiger partial charge is 0.495 e. The number of methoxy groups -OCH3 is 1. The van der Waals surface area contributed by atoms with E-state index >= 15 is 0 Å². The molecule has 0 aromatic heterocycles. The predicted molar refractivity (Wildman–Crippen MR) is 82.2 cm³/mol. The Morgan fingerprint density at radius 2 is 1.77 bits per heavy atom. The fraction of sp³-hybridized carbons (Fsp3) is 0.467. The number of rotatable bonds is 3. The minimum absolute atomic E-state index is 0.201. The van der Waals surface area contributed by atoms with E-state index in [1.54, 1.807) is 36.0 Å². The number of hydrogen-bond acceptors (Lipinski definition) is 4. The molecule has 0 aliphatic carbocycles. The molecule has 1 heterocycles. The van der Waals surface area contributed by atoms with Crippen molar-refractivity contribution in [2.24, 2.45) is 0 Å². The number of benzene rings is 1. The summed E-state index contributed by atoms with van der Waals surface area (Å²) in [6.45, 7) is 4.01. The maximum absolute atomic E-state index is 12.3. The average molecular weight is 307 g/mol. The first kappa shape index (κ1) is 15.9. The number of nitrogens with zero attached hydrogens (tertiary/aromatic N) is 2. The van der Waals surface area contributed by atoms with E-state index < -0.39 is 0 Å². The van der Waals surface area contributed by atoms with Crippen LogP contribution in [0.3, 0.4) is 0 Å². The maximum atomic E-state index is 12.3. The molecule has 0 saturated carbocycles. The van der Waals surface area contributed by atoms with Crippen molar-refractivity contribution in [1.82, 2.24) is 9.80 Å². The predicted octanol–water partition coefficient (Wildman–Crippen LogP) is 2.00. The highest BCUT2D eigenvalue weighted by atomic mass is 16.6. The number of urea groups is 1. The number of piperazine rings is 1. The summed E-state index contributed by atoms with van der Waals surface area (Å²) in [7, 11) is 1.56. The third-order valence-corrected chi connectivity index (χ3v) is 3.44. The van der Waals surface area contributed by atoms with Gasteiger partial charge >= 0.3 is 12.1 Å². The van der Waals surface area contributed by atoms with Gasteiger partial charge in [-0.15, -0.1) is 0 Å². The van der Waals surface area contributed by atoms with E-state index in [0.717, 1.165) is 0 Å². The van der Waals surface area contributed by atoms with E-state index in [1.807, 2.05) is 12.1 Å². The van der Waals surface area contributed by atoms with Crippen molar-refractivity contribution in [1.29, 1.82) is 0 Å². The number of anilines is 1. The Labute approximate surface area is 129 Å². The first-order chi connectivity index (χ1) is 10.7. The lowest BCUT2D eigenvalue weighted by atomic mass is 10.3. The van der Waals surface area contributed by atoms with Crippen LogP contribution in [0.2, 0.25) is 0 Å². The minimum Gasteiger partial charge on any atom is -0.495 e. The van der Waals surface area contributed by atoms with E-state index in [-0.39, 0.29) is 12.1 Å². The lowest BCUT2D eigenvalue weighted by Gasteiger charge is -2.34. The summed E-state index contributed by atoms with van der Waals surface area (Å²) in [5, 5.41) is 2.83. The Morgan fingerprint density at radius 1 is 1.14 bits per heavy atom. The number of hydrogen-bond donors (Lipinski definition) is 1. The van der Waals surface area contributed by atoms with Crippen LogP contribution < -0.4 is 10.1 Å².